The topological polar surface area (TPSA) is 32.9 Å². The van der Waals surface area contributed by atoms with E-state index in [2.05, 4.69) is 24.1 Å². The molecule has 0 fully saturated rings. The van der Waals surface area contributed by atoms with Crippen molar-refractivity contribution in [2.24, 2.45) is 0 Å². The molecular formula is C11H11NO. The maximum atomic E-state index is 11.0. The number of hydrogen-bond donors (Lipinski definition) is 1. The number of aromatic amines is 1. The number of hydrogen-bond acceptors (Lipinski definition) is 1. The van der Waals surface area contributed by atoms with E-state index in [1.807, 2.05) is 12.1 Å². The van der Waals surface area contributed by atoms with Crippen LogP contribution in [0.2, 0.25) is 0 Å². The Hall–Kier alpha value is -1.57. The van der Waals surface area contributed by atoms with Crippen molar-refractivity contribution < 1.29 is 0 Å². The molecule has 0 aromatic carbocycles. The lowest BCUT2D eigenvalue weighted by Gasteiger charge is -1.98. The third kappa shape index (κ3) is 1.61. The molecule has 2 heteroatoms. The molecule has 2 rings (SSSR count). The molecule has 1 aromatic heterocycles. The number of rotatable bonds is 0. The van der Waals surface area contributed by atoms with Gasteiger partial charge in [-0.2, -0.15) is 0 Å². The van der Waals surface area contributed by atoms with E-state index < -0.39 is 0 Å². The molecule has 1 aromatic rings. The van der Waals surface area contributed by atoms with Gasteiger partial charge in [-0.3, -0.25) is 4.79 Å². The standard InChI is InChI=1S/C11H11NO/c1-8-3-2-4-10-9(7-8)5-6-11(13)12-10/h2,4-7H,3H2,1H3,(H,12,13). The van der Waals surface area contributed by atoms with E-state index in [1.165, 1.54) is 5.57 Å². The van der Waals surface area contributed by atoms with Crippen LogP contribution in [0.1, 0.15) is 24.6 Å². The van der Waals surface area contributed by atoms with Gasteiger partial charge < -0.3 is 4.98 Å². The van der Waals surface area contributed by atoms with Crippen molar-refractivity contribution in [1.82, 2.24) is 4.98 Å². The summed E-state index contributed by atoms with van der Waals surface area (Å²) in [7, 11) is 0. The number of fused-ring (bicyclic) bond motifs is 1. The van der Waals surface area contributed by atoms with Crippen LogP contribution in [-0.2, 0) is 0 Å². The summed E-state index contributed by atoms with van der Waals surface area (Å²) < 4.78 is 0. The highest BCUT2D eigenvalue weighted by Gasteiger charge is 2.01. The molecule has 13 heavy (non-hydrogen) atoms. The molecule has 1 heterocycles. The van der Waals surface area contributed by atoms with Gasteiger partial charge in [0.2, 0.25) is 5.56 Å². The quantitative estimate of drug-likeness (QED) is 0.641. The molecule has 0 radical (unpaired) electrons. The molecule has 0 spiro atoms. The van der Waals surface area contributed by atoms with Gasteiger partial charge in [0, 0.05) is 11.8 Å². The van der Waals surface area contributed by atoms with Crippen molar-refractivity contribution in [1.29, 1.82) is 0 Å². The number of nitrogens with one attached hydrogen (secondary N) is 1. The summed E-state index contributed by atoms with van der Waals surface area (Å²) >= 11 is 0. The average Bonchev–Trinajstić information content (AvgIpc) is 2.25. The highest BCUT2D eigenvalue weighted by molar-refractivity contribution is 5.66. The Morgan fingerprint density at radius 3 is 3.08 bits per heavy atom. The van der Waals surface area contributed by atoms with Crippen LogP contribution in [0, 0.1) is 0 Å². The molecule has 1 N–H and O–H groups in total. The van der Waals surface area contributed by atoms with Gasteiger partial charge in [-0.25, -0.2) is 0 Å². The Balaban J connectivity index is 2.65. The monoisotopic (exact) mass is 173 g/mol. The first-order valence-corrected chi connectivity index (χ1v) is 4.33. The normalized spacial score (nSPS) is 14.7. The Morgan fingerprint density at radius 1 is 1.38 bits per heavy atom. The zero-order chi connectivity index (χ0) is 9.26. The van der Waals surface area contributed by atoms with E-state index in [0.29, 0.717) is 0 Å². The second-order valence-corrected chi connectivity index (χ2v) is 3.29. The smallest absolute Gasteiger partial charge is 0.248 e. The molecular weight excluding hydrogens is 162 g/mol. The van der Waals surface area contributed by atoms with Crippen molar-refractivity contribution in [3.63, 3.8) is 0 Å². The van der Waals surface area contributed by atoms with Gasteiger partial charge in [-0.1, -0.05) is 17.7 Å². The zero-order valence-electron chi connectivity index (χ0n) is 7.50. The van der Waals surface area contributed by atoms with Crippen LogP contribution < -0.4 is 5.56 Å². The second-order valence-electron chi connectivity index (χ2n) is 3.29. The molecule has 0 atom stereocenters. The highest BCUT2D eigenvalue weighted by Crippen LogP contribution is 2.17. The first-order chi connectivity index (χ1) is 6.25. The van der Waals surface area contributed by atoms with Crippen molar-refractivity contribution in [2.75, 3.05) is 0 Å². The first kappa shape index (κ1) is 8.05. The molecule has 2 nitrogen and oxygen atoms in total. The van der Waals surface area contributed by atoms with Crippen LogP contribution in [0.5, 0.6) is 0 Å². The van der Waals surface area contributed by atoms with E-state index in [4.69, 9.17) is 0 Å². The SMILES string of the molecule is CC1=Cc2ccc(=O)[nH]c2C=CC1. The summed E-state index contributed by atoms with van der Waals surface area (Å²) in [6.45, 7) is 2.09. The Bertz CT molecular complexity index is 438. The van der Waals surface area contributed by atoms with Crippen LogP contribution in [0.4, 0.5) is 0 Å². The molecule has 66 valence electrons. The maximum absolute atomic E-state index is 11.0. The second kappa shape index (κ2) is 3.05. The predicted molar refractivity (Wildman–Crippen MR) is 54.4 cm³/mol. The summed E-state index contributed by atoms with van der Waals surface area (Å²) in [6.07, 6.45) is 7.08. The number of H-pyrrole nitrogens is 1. The van der Waals surface area contributed by atoms with Gasteiger partial charge in [-0.05, 0) is 31.1 Å². The van der Waals surface area contributed by atoms with Crippen molar-refractivity contribution in [2.45, 2.75) is 13.3 Å². The van der Waals surface area contributed by atoms with Crippen LogP contribution in [-0.4, -0.2) is 4.98 Å². The Labute approximate surface area is 76.6 Å². The Morgan fingerprint density at radius 2 is 2.23 bits per heavy atom. The number of pyridine rings is 1. The lowest BCUT2D eigenvalue weighted by Crippen LogP contribution is -2.05. The van der Waals surface area contributed by atoms with Crippen molar-refractivity contribution >= 4 is 12.2 Å². The highest BCUT2D eigenvalue weighted by atomic mass is 16.1. The lowest BCUT2D eigenvalue weighted by molar-refractivity contribution is 1.20. The first-order valence-electron chi connectivity index (χ1n) is 4.33. The minimum atomic E-state index is -0.0450. The molecule has 0 saturated carbocycles. The summed E-state index contributed by atoms with van der Waals surface area (Å²) in [5.74, 6) is 0. The molecule has 0 unspecified atom stereocenters. The summed E-state index contributed by atoms with van der Waals surface area (Å²) in [5, 5.41) is 0. The van der Waals surface area contributed by atoms with Gasteiger partial charge in [0.05, 0.1) is 0 Å². The van der Waals surface area contributed by atoms with Crippen LogP contribution >= 0.6 is 0 Å². The molecule has 0 amide bonds. The summed E-state index contributed by atoms with van der Waals surface area (Å²) in [6, 6.07) is 3.41. The van der Waals surface area contributed by atoms with Gasteiger partial charge in [-0.15, -0.1) is 0 Å². The van der Waals surface area contributed by atoms with E-state index in [9.17, 15) is 4.79 Å². The molecule has 1 aliphatic rings. The largest absolute Gasteiger partial charge is 0.322 e. The fraction of sp³-hybridized carbons (Fsp3) is 0.182. The van der Waals surface area contributed by atoms with E-state index in [0.717, 1.165) is 17.7 Å². The molecule has 0 aliphatic heterocycles. The maximum Gasteiger partial charge on any atom is 0.248 e. The predicted octanol–water partition coefficient (Wildman–Crippen LogP) is 2.20. The molecule has 0 bridgehead atoms. The van der Waals surface area contributed by atoms with Crippen LogP contribution in [0.3, 0.4) is 0 Å². The fourth-order valence-electron chi connectivity index (χ4n) is 1.45. The van der Waals surface area contributed by atoms with E-state index >= 15 is 0 Å². The average molecular weight is 173 g/mol. The third-order valence-corrected chi connectivity index (χ3v) is 2.11. The summed E-state index contributed by atoms with van der Waals surface area (Å²) in [5.41, 5.74) is 3.26. The lowest BCUT2D eigenvalue weighted by atomic mass is 10.1. The van der Waals surface area contributed by atoms with E-state index in [1.54, 1.807) is 6.07 Å². The molecule has 0 saturated heterocycles. The molecule has 1 aliphatic carbocycles. The number of aromatic nitrogens is 1. The number of allylic oxidation sites excluding steroid dienone is 2. The Kier molecular flexibility index (Phi) is 1.89. The fourth-order valence-corrected chi connectivity index (χ4v) is 1.45. The van der Waals surface area contributed by atoms with Gasteiger partial charge >= 0.3 is 0 Å². The van der Waals surface area contributed by atoms with Crippen molar-refractivity contribution in [3.05, 3.63) is 45.4 Å². The minimum absolute atomic E-state index is 0.0450. The van der Waals surface area contributed by atoms with E-state index in [-0.39, 0.29) is 5.56 Å². The van der Waals surface area contributed by atoms with Gasteiger partial charge in [0.25, 0.3) is 0 Å². The van der Waals surface area contributed by atoms with Gasteiger partial charge in [0.15, 0.2) is 0 Å². The third-order valence-electron chi connectivity index (χ3n) is 2.11. The van der Waals surface area contributed by atoms with Crippen molar-refractivity contribution in [3.8, 4) is 0 Å². The summed E-state index contributed by atoms with van der Waals surface area (Å²) in [4.78, 5) is 13.8. The van der Waals surface area contributed by atoms with Crippen LogP contribution in [0.25, 0.3) is 12.2 Å². The van der Waals surface area contributed by atoms with Gasteiger partial charge in [0.1, 0.15) is 0 Å². The zero-order valence-corrected chi connectivity index (χ0v) is 7.50. The minimum Gasteiger partial charge on any atom is -0.322 e. The van der Waals surface area contributed by atoms with Crippen LogP contribution in [0.15, 0.2) is 28.6 Å².